The molecule has 0 atom stereocenters. The smallest absolute Gasteiger partial charge is 0.350 e. The first-order valence-corrected chi connectivity index (χ1v) is 7.52. The highest BCUT2D eigenvalue weighted by Crippen LogP contribution is 2.33. The third-order valence-electron chi connectivity index (χ3n) is 2.39. The summed E-state index contributed by atoms with van der Waals surface area (Å²) in [6, 6.07) is 0. The Hall–Kier alpha value is -1.21. The fraction of sp³-hybridized carbons (Fsp3) is 0.600. The Bertz CT molecular complexity index is 572. The highest BCUT2D eigenvalue weighted by atomic mass is 31.2. The number of H-pyrrole nitrogens is 1. The first-order chi connectivity index (χ1) is 8.79. The zero-order valence-corrected chi connectivity index (χ0v) is 11.4. The lowest BCUT2D eigenvalue weighted by Gasteiger charge is -2.07. The summed E-state index contributed by atoms with van der Waals surface area (Å²) >= 11 is 0. The van der Waals surface area contributed by atoms with Crippen LogP contribution in [0.15, 0.2) is 15.8 Å². The maximum absolute atomic E-state index is 11.4. The van der Waals surface area contributed by atoms with Gasteiger partial charge in [0.1, 0.15) is 6.35 Å². The first kappa shape index (κ1) is 15.8. The maximum Gasteiger partial charge on any atom is 0.350 e. The van der Waals surface area contributed by atoms with Crippen molar-refractivity contribution in [3.8, 4) is 0 Å². The average molecular weight is 292 g/mol. The Morgan fingerprint density at radius 2 is 2.05 bits per heavy atom. The predicted molar refractivity (Wildman–Crippen MR) is 68.2 cm³/mol. The molecule has 0 bridgehead atoms. The van der Waals surface area contributed by atoms with Crippen molar-refractivity contribution >= 4 is 7.60 Å². The number of nitrogens with one attached hydrogen (secondary N) is 1. The van der Waals surface area contributed by atoms with E-state index in [2.05, 4.69) is 4.98 Å². The van der Waals surface area contributed by atoms with E-state index in [1.54, 1.807) is 6.92 Å². The minimum absolute atomic E-state index is 0.211. The molecule has 0 fully saturated rings. The van der Waals surface area contributed by atoms with Crippen molar-refractivity contribution in [2.75, 3.05) is 13.0 Å². The van der Waals surface area contributed by atoms with Crippen molar-refractivity contribution in [2.45, 2.75) is 26.3 Å². The molecular weight excluding hydrogens is 275 g/mol. The maximum atomic E-state index is 11.4. The summed E-state index contributed by atoms with van der Waals surface area (Å²) in [5, 5.41) is 0. The van der Waals surface area contributed by atoms with Crippen LogP contribution in [0.3, 0.4) is 0 Å². The molecule has 0 radical (unpaired) electrons. The molecule has 0 saturated carbocycles. The van der Waals surface area contributed by atoms with Crippen LogP contribution in [0.25, 0.3) is 0 Å². The Kier molecular flexibility index (Phi) is 5.68. The first-order valence-electron chi connectivity index (χ1n) is 5.72. The standard InChI is InChI=1S/C10H17N2O6P/c1-8-6-12(10(14)11-9(8)13)4-2-3-5-18-7-19(15,16)17/h6H,2-5,7H2,1H3,(H,11,13,14)(H2,15,16,17). The number of aromatic nitrogens is 2. The molecule has 0 spiro atoms. The van der Waals surface area contributed by atoms with E-state index in [-0.39, 0.29) is 6.61 Å². The van der Waals surface area contributed by atoms with Crippen LogP contribution in [0.2, 0.25) is 0 Å². The lowest BCUT2D eigenvalue weighted by molar-refractivity contribution is 0.152. The average Bonchev–Trinajstić information content (AvgIpc) is 2.28. The van der Waals surface area contributed by atoms with Crippen LogP contribution < -0.4 is 11.2 Å². The quantitative estimate of drug-likeness (QED) is 0.471. The van der Waals surface area contributed by atoms with E-state index < -0.39 is 25.2 Å². The van der Waals surface area contributed by atoms with E-state index in [4.69, 9.17) is 14.5 Å². The fourth-order valence-electron chi connectivity index (χ4n) is 1.45. The number of nitrogens with zero attached hydrogens (tertiary/aromatic N) is 1. The summed E-state index contributed by atoms with van der Waals surface area (Å²) < 4.78 is 16.7. The molecule has 1 rings (SSSR count). The number of rotatable bonds is 7. The largest absolute Gasteiger partial charge is 0.369 e. The van der Waals surface area contributed by atoms with Gasteiger partial charge in [0.05, 0.1) is 0 Å². The molecule has 0 aliphatic rings. The van der Waals surface area contributed by atoms with Gasteiger partial charge in [0.15, 0.2) is 0 Å². The molecule has 8 nitrogen and oxygen atoms in total. The predicted octanol–water partition coefficient (Wildman–Crippen LogP) is -0.223. The number of ether oxygens (including phenoxy) is 1. The Labute approximate surface area is 109 Å². The van der Waals surface area contributed by atoms with Crippen LogP contribution in [-0.2, 0) is 15.8 Å². The van der Waals surface area contributed by atoms with Gasteiger partial charge in [0.25, 0.3) is 5.56 Å². The highest BCUT2D eigenvalue weighted by Gasteiger charge is 2.11. The van der Waals surface area contributed by atoms with E-state index in [1.165, 1.54) is 10.8 Å². The summed E-state index contributed by atoms with van der Waals surface area (Å²) in [7, 11) is -4.11. The minimum Gasteiger partial charge on any atom is -0.369 e. The van der Waals surface area contributed by atoms with E-state index >= 15 is 0 Å². The van der Waals surface area contributed by atoms with Crippen LogP contribution in [0.5, 0.6) is 0 Å². The molecule has 0 aromatic carbocycles. The molecule has 1 aromatic rings. The number of hydrogen-bond donors (Lipinski definition) is 3. The third-order valence-corrected chi connectivity index (χ3v) is 2.91. The molecule has 0 aliphatic carbocycles. The van der Waals surface area contributed by atoms with Crippen LogP contribution in [-0.4, -0.2) is 32.3 Å². The van der Waals surface area contributed by atoms with Crippen molar-refractivity contribution in [1.82, 2.24) is 9.55 Å². The van der Waals surface area contributed by atoms with E-state index in [0.29, 0.717) is 24.9 Å². The molecule has 3 N–H and O–H groups in total. The second-order valence-electron chi connectivity index (χ2n) is 4.17. The zero-order chi connectivity index (χ0) is 14.5. The summed E-state index contributed by atoms with van der Waals surface area (Å²) in [5.41, 5.74) is -0.407. The lowest BCUT2D eigenvalue weighted by atomic mass is 10.3. The molecule has 0 unspecified atom stereocenters. The number of aromatic amines is 1. The van der Waals surface area contributed by atoms with Crippen molar-refractivity contribution in [3.63, 3.8) is 0 Å². The summed E-state index contributed by atoms with van der Waals surface area (Å²) in [5.74, 6) is 0. The van der Waals surface area contributed by atoms with E-state index in [0.717, 1.165) is 0 Å². The summed E-state index contributed by atoms with van der Waals surface area (Å²) in [4.78, 5) is 41.9. The molecule has 19 heavy (non-hydrogen) atoms. The van der Waals surface area contributed by atoms with Gasteiger partial charge in [-0.05, 0) is 19.8 Å². The topological polar surface area (TPSA) is 122 Å². The fourth-order valence-corrected chi connectivity index (χ4v) is 1.82. The number of aryl methyl sites for hydroxylation is 2. The van der Waals surface area contributed by atoms with Crippen LogP contribution >= 0.6 is 7.60 Å². The molecule has 108 valence electrons. The molecule has 0 saturated heterocycles. The van der Waals surface area contributed by atoms with E-state index in [9.17, 15) is 14.2 Å². The second-order valence-corrected chi connectivity index (χ2v) is 5.76. The summed E-state index contributed by atoms with van der Waals surface area (Å²) in [6.45, 7) is 2.23. The Morgan fingerprint density at radius 3 is 2.68 bits per heavy atom. The molecule has 9 heteroatoms. The molecule has 1 aromatic heterocycles. The molecular formula is C10H17N2O6P. The van der Waals surface area contributed by atoms with Gasteiger partial charge in [-0.1, -0.05) is 0 Å². The van der Waals surface area contributed by atoms with Gasteiger partial charge in [-0.15, -0.1) is 0 Å². The highest BCUT2D eigenvalue weighted by molar-refractivity contribution is 7.51. The minimum atomic E-state index is -4.11. The monoisotopic (exact) mass is 292 g/mol. The Balaban J connectivity index is 2.34. The van der Waals surface area contributed by atoms with Crippen LogP contribution in [0.4, 0.5) is 0 Å². The van der Waals surface area contributed by atoms with Gasteiger partial charge in [0, 0.05) is 24.9 Å². The van der Waals surface area contributed by atoms with Crippen molar-refractivity contribution in [2.24, 2.45) is 0 Å². The molecule has 0 amide bonds. The SMILES string of the molecule is Cc1cn(CCCCOCP(=O)(O)O)c(=O)[nH]c1=O. The van der Waals surface area contributed by atoms with Gasteiger partial charge in [-0.2, -0.15) is 0 Å². The Morgan fingerprint density at radius 1 is 1.37 bits per heavy atom. The number of unbranched alkanes of at least 4 members (excludes halogenated alkanes) is 1. The van der Waals surface area contributed by atoms with Gasteiger partial charge in [0.2, 0.25) is 0 Å². The molecule has 0 aliphatic heterocycles. The third kappa shape index (κ3) is 5.98. The van der Waals surface area contributed by atoms with Gasteiger partial charge in [-0.25, -0.2) is 4.79 Å². The van der Waals surface area contributed by atoms with Gasteiger partial charge >= 0.3 is 13.3 Å². The van der Waals surface area contributed by atoms with Gasteiger partial charge in [-0.3, -0.25) is 14.3 Å². The second kappa shape index (κ2) is 6.81. The zero-order valence-electron chi connectivity index (χ0n) is 10.5. The van der Waals surface area contributed by atoms with Crippen LogP contribution in [0, 0.1) is 6.92 Å². The van der Waals surface area contributed by atoms with Crippen molar-refractivity contribution in [1.29, 1.82) is 0 Å². The van der Waals surface area contributed by atoms with E-state index in [1.807, 2.05) is 0 Å². The normalized spacial score (nSPS) is 11.7. The van der Waals surface area contributed by atoms with Crippen molar-refractivity contribution < 1.29 is 19.1 Å². The van der Waals surface area contributed by atoms with Gasteiger partial charge < -0.3 is 19.1 Å². The molecule has 1 heterocycles. The van der Waals surface area contributed by atoms with Crippen molar-refractivity contribution in [3.05, 3.63) is 32.6 Å². The van der Waals surface area contributed by atoms with Crippen LogP contribution in [0.1, 0.15) is 18.4 Å². The lowest BCUT2D eigenvalue weighted by Crippen LogP contribution is -2.30. The number of hydrogen-bond acceptors (Lipinski definition) is 4. The summed E-state index contributed by atoms with van der Waals surface area (Å²) in [6.07, 6.45) is 2.06.